The van der Waals surface area contributed by atoms with Gasteiger partial charge in [0, 0.05) is 0 Å². The van der Waals surface area contributed by atoms with Crippen molar-refractivity contribution in [3.8, 4) is 5.75 Å². The Morgan fingerprint density at radius 2 is 1.93 bits per heavy atom. The molecule has 0 saturated heterocycles. The van der Waals surface area contributed by atoms with Crippen molar-refractivity contribution < 1.29 is 9.90 Å². The quantitative estimate of drug-likeness (QED) is 0.772. The molecule has 0 aliphatic heterocycles. The molecule has 15 heavy (non-hydrogen) atoms. The van der Waals surface area contributed by atoms with Gasteiger partial charge in [0.25, 0.3) is 0 Å². The van der Waals surface area contributed by atoms with Crippen molar-refractivity contribution in [1.82, 2.24) is 0 Å². The molecule has 0 atom stereocenters. The number of phenolic OH excluding ortho intramolecular Hbond substituents is 1. The molecule has 1 aromatic carbocycles. The predicted molar refractivity (Wildman–Crippen MR) is 65.7 cm³/mol. The van der Waals surface area contributed by atoms with Gasteiger partial charge in [-0.1, -0.05) is 12.1 Å². The maximum absolute atomic E-state index is 9.69. The Kier molecular flexibility index (Phi) is 3.94. The maximum Gasteiger partial charge on any atom is 0.182 e. The van der Waals surface area contributed by atoms with Crippen LogP contribution in [0, 0.1) is 6.92 Å². The Balaban J connectivity index is 2.48. The van der Waals surface area contributed by atoms with Crippen LogP contribution < -0.4 is 0 Å². The smallest absolute Gasteiger partial charge is 0.182 e. The first-order valence-corrected chi connectivity index (χ1v) is 8.55. The van der Waals surface area contributed by atoms with Crippen LogP contribution in [0.15, 0.2) is 18.2 Å². The number of phenols is 1. The highest BCUT2D eigenvalue weighted by Crippen LogP contribution is 2.19. The lowest BCUT2D eigenvalue weighted by atomic mass is 10.1. The summed E-state index contributed by atoms with van der Waals surface area (Å²) in [5.74, 6) is 0.357. The van der Waals surface area contributed by atoms with Crippen LogP contribution in [0.5, 0.6) is 5.75 Å². The van der Waals surface area contributed by atoms with Crippen LogP contribution >= 0.6 is 0 Å². The van der Waals surface area contributed by atoms with E-state index in [9.17, 15) is 9.90 Å². The number of aromatic hydroxyl groups is 1. The molecule has 0 bridgehead atoms. The fourth-order valence-electron chi connectivity index (χ4n) is 1.60. The van der Waals surface area contributed by atoms with Crippen LogP contribution in [0.25, 0.3) is 0 Å². The van der Waals surface area contributed by atoms with E-state index >= 15 is 0 Å². The summed E-state index contributed by atoms with van der Waals surface area (Å²) >= 11 is 0. The molecule has 0 radical (unpaired) electrons. The lowest BCUT2D eigenvalue weighted by Crippen LogP contribution is -2.24. The molecule has 0 spiro atoms. The van der Waals surface area contributed by atoms with E-state index in [-0.39, 0.29) is 0 Å². The average molecular weight is 224 g/mol. The summed E-state index contributed by atoms with van der Waals surface area (Å²) in [6, 6.07) is 6.65. The third-order valence-corrected chi connectivity index (χ3v) is 4.09. The first-order chi connectivity index (χ1) is 6.88. The van der Waals surface area contributed by atoms with E-state index in [2.05, 4.69) is 0 Å². The Bertz CT molecular complexity index is 329. The number of hydrogen-bond donors (Lipinski definition) is 2. The lowest BCUT2D eigenvalue weighted by Gasteiger charge is -2.13. The second-order valence-corrected chi connectivity index (χ2v) is 8.91. The zero-order valence-electron chi connectivity index (χ0n) is 9.75. The standard InChI is InChI=1S/C12H20O2Si/c1-10-9-11(6-7-12(10)13)5-4-8-15(2,3)14/h6-7,9,13-14H,4-5,8H2,1-3H3. The minimum Gasteiger partial charge on any atom is -0.508 e. The first kappa shape index (κ1) is 12.3. The molecule has 0 aromatic heterocycles. The van der Waals surface area contributed by atoms with Crippen molar-refractivity contribution in [3.05, 3.63) is 29.3 Å². The third-order valence-electron chi connectivity index (χ3n) is 2.52. The second kappa shape index (κ2) is 4.81. The van der Waals surface area contributed by atoms with Crippen LogP contribution in [-0.2, 0) is 6.42 Å². The molecule has 2 nitrogen and oxygen atoms in total. The summed E-state index contributed by atoms with van der Waals surface area (Å²) in [4.78, 5) is 9.69. The summed E-state index contributed by atoms with van der Waals surface area (Å²) in [5.41, 5.74) is 2.16. The Labute approximate surface area is 92.7 Å². The molecule has 1 rings (SSSR count). The number of aryl methyl sites for hydroxylation is 2. The zero-order valence-corrected chi connectivity index (χ0v) is 10.7. The van der Waals surface area contributed by atoms with Gasteiger partial charge in [0.15, 0.2) is 8.32 Å². The van der Waals surface area contributed by atoms with Crippen LogP contribution in [0.2, 0.25) is 19.1 Å². The topological polar surface area (TPSA) is 40.5 Å². The fraction of sp³-hybridized carbons (Fsp3) is 0.500. The van der Waals surface area contributed by atoms with E-state index in [1.165, 1.54) is 5.56 Å². The molecular weight excluding hydrogens is 204 g/mol. The number of rotatable bonds is 4. The zero-order chi connectivity index (χ0) is 11.5. The van der Waals surface area contributed by atoms with Crippen LogP contribution in [-0.4, -0.2) is 18.2 Å². The van der Waals surface area contributed by atoms with Crippen molar-refractivity contribution in [2.45, 2.75) is 38.9 Å². The molecular formula is C12H20O2Si. The largest absolute Gasteiger partial charge is 0.508 e. The van der Waals surface area contributed by atoms with Gasteiger partial charge in [0.2, 0.25) is 0 Å². The van der Waals surface area contributed by atoms with Crippen molar-refractivity contribution in [1.29, 1.82) is 0 Å². The molecule has 0 amide bonds. The second-order valence-electron chi connectivity index (χ2n) is 4.79. The van der Waals surface area contributed by atoms with Gasteiger partial charge in [0.05, 0.1) is 0 Å². The Hall–Kier alpha value is -0.803. The van der Waals surface area contributed by atoms with Gasteiger partial charge in [-0.2, -0.15) is 0 Å². The minimum atomic E-state index is -1.88. The highest BCUT2D eigenvalue weighted by atomic mass is 28.4. The van der Waals surface area contributed by atoms with Gasteiger partial charge in [0.1, 0.15) is 5.75 Å². The third kappa shape index (κ3) is 4.49. The molecule has 0 heterocycles. The van der Waals surface area contributed by atoms with Crippen molar-refractivity contribution in [2.24, 2.45) is 0 Å². The molecule has 0 saturated carbocycles. The summed E-state index contributed by atoms with van der Waals surface area (Å²) < 4.78 is 0. The SMILES string of the molecule is Cc1cc(CCC[Si](C)(C)O)ccc1O. The summed E-state index contributed by atoms with van der Waals surface area (Å²) in [6.45, 7) is 5.84. The van der Waals surface area contributed by atoms with Gasteiger partial charge in [-0.05, 0) is 56.1 Å². The molecule has 0 aliphatic carbocycles. The van der Waals surface area contributed by atoms with E-state index in [0.29, 0.717) is 5.75 Å². The van der Waals surface area contributed by atoms with Gasteiger partial charge < -0.3 is 9.90 Å². The fourth-order valence-corrected chi connectivity index (χ4v) is 2.64. The van der Waals surface area contributed by atoms with Crippen LogP contribution in [0.1, 0.15) is 17.5 Å². The molecule has 2 N–H and O–H groups in total. The average Bonchev–Trinajstić information content (AvgIpc) is 2.09. The number of hydrogen-bond acceptors (Lipinski definition) is 2. The van der Waals surface area contributed by atoms with Gasteiger partial charge in [-0.25, -0.2) is 0 Å². The number of benzene rings is 1. The molecule has 84 valence electrons. The summed E-state index contributed by atoms with van der Waals surface area (Å²) in [7, 11) is -1.88. The first-order valence-electron chi connectivity index (χ1n) is 5.39. The van der Waals surface area contributed by atoms with E-state index in [1.54, 1.807) is 6.07 Å². The Morgan fingerprint density at radius 1 is 1.27 bits per heavy atom. The molecule has 1 aromatic rings. The van der Waals surface area contributed by atoms with Crippen molar-refractivity contribution in [2.75, 3.05) is 0 Å². The normalized spacial score (nSPS) is 11.7. The van der Waals surface area contributed by atoms with Gasteiger partial charge in [-0.3, -0.25) is 0 Å². The van der Waals surface area contributed by atoms with E-state index < -0.39 is 8.32 Å². The van der Waals surface area contributed by atoms with E-state index in [1.807, 2.05) is 32.2 Å². The summed E-state index contributed by atoms with van der Waals surface area (Å²) in [6.07, 6.45) is 2.01. The van der Waals surface area contributed by atoms with Crippen molar-refractivity contribution >= 4 is 8.32 Å². The van der Waals surface area contributed by atoms with E-state index in [0.717, 1.165) is 24.4 Å². The highest BCUT2D eigenvalue weighted by molar-refractivity contribution is 6.69. The van der Waals surface area contributed by atoms with Crippen LogP contribution in [0.3, 0.4) is 0 Å². The van der Waals surface area contributed by atoms with Crippen LogP contribution in [0.4, 0.5) is 0 Å². The van der Waals surface area contributed by atoms with Crippen molar-refractivity contribution in [3.63, 3.8) is 0 Å². The minimum absolute atomic E-state index is 0.357. The highest BCUT2D eigenvalue weighted by Gasteiger charge is 2.15. The molecule has 3 heteroatoms. The monoisotopic (exact) mass is 224 g/mol. The molecule has 0 unspecified atom stereocenters. The lowest BCUT2D eigenvalue weighted by molar-refractivity contribution is 0.471. The Morgan fingerprint density at radius 3 is 2.47 bits per heavy atom. The molecule has 0 fully saturated rings. The predicted octanol–water partition coefficient (Wildman–Crippen LogP) is 2.83. The van der Waals surface area contributed by atoms with E-state index in [4.69, 9.17) is 0 Å². The van der Waals surface area contributed by atoms with Gasteiger partial charge >= 0.3 is 0 Å². The van der Waals surface area contributed by atoms with Gasteiger partial charge in [-0.15, -0.1) is 0 Å². The molecule has 0 aliphatic rings. The summed E-state index contributed by atoms with van der Waals surface area (Å²) in [5, 5.41) is 9.37. The maximum atomic E-state index is 9.69.